The summed E-state index contributed by atoms with van der Waals surface area (Å²) >= 11 is 0. The highest BCUT2D eigenvalue weighted by molar-refractivity contribution is 5.49. The largest absolute Gasteiger partial charge is 0.389 e. The quantitative estimate of drug-likeness (QED) is 0.360. The van der Waals surface area contributed by atoms with E-state index in [0.29, 0.717) is 24.2 Å². The first-order valence-corrected chi connectivity index (χ1v) is 10.7. The molecule has 0 aliphatic heterocycles. The average molecular weight is 345 g/mol. The highest BCUT2D eigenvalue weighted by Gasteiger charge is 2.38. The fraction of sp³-hybridized carbons (Fsp3) is 0.783. The third kappa shape index (κ3) is 4.84. The summed E-state index contributed by atoms with van der Waals surface area (Å²) in [5, 5.41) is 10.5. The van der Waals surface area contributed by atoms with Gasteiger partial charge in [-0.3, -0.25) is 0 Å². The van der Waals surface area contributed by atoms with Gasteiger partial charge in [0, 0.05) is 6.42 Å². The normalized spacial score (nSPS) is 32.6. The van der Waals surface area contributed by atoms with Gasteiger partial charge in [0.15, 0.2) is 0 Å². The van der Waals surface area contributed by atoms with Gasteiger partial charge in [0.2, 0.25) is 0 Å². The summed E-state index contributed by atoms with van der Waals surface area (Å²) in [4.78, 5) is 10.5. The van der Waals surface area contributed by atoms with E-state index in [2.05, 4.69) is 25.2 Å². The monoisotopic (exact) mass is 344 g/mol. The molecular weight excluding hydrogens is 308 g/mol. The summed E-state index contributed by atoms with van der Waals surface area (Å²) in [5.74, 6) is 3.29. The van der Waals surface area contributed by atoms with Crippen molar-refractivity contribution in [3.63, 3.8) is 0 Å². The van der Waals surface area contributed by atoms with E-state index in [-0.39, 0.29) is 6.10 Å². The van der Waals surface area contributed by atoms with Crippen LogP contribution >= 0.6 is 0 Å². The van der Waals surface area contributed by atoms with Crippen molar-refractivity contribution in [1.29, 1.82) is 0 Å². The van der Waals surface area contributed by atoms with Crippen LogP contribution in [0, 0.1) is 29.6 Å². The standard InChI is InChI=1S/C23H36O2/c1-17(7-5-6-14-24)21-15-20-11-10-18(22(20)16-21)12-13-23(25)19-8-3-2-4-9-19/h12-15,17-20,22-23,25H,2-11,16H2,1H3/b13-12+/t17?,18-,20?,22?,23?/m1/s1. The van der Waals surface area contributed by atoms with Crippen LogP contribution in [0.15, 0.2) is 23.8 Å². The number of carbonyl (C=O) groups is 1. The minimum atomic E-state index is -0.226. The average Bonchev–Trinajstić information content (AvgIpc) is 3.21. The molecule has 0 aromatic rings. The Bertz CT molecular complexity index is 486. The van der Waals surface area contributed by atoms with Crippen LogP contribution < -0.4 is 0 Å². The second-order valence-corrected chi connectivity index (χ2v) is 8.79. The van der Waals surface area contributed by atoms with E-state index < -0.39 is 0 Å². The molecule has 3 rings (SSSR count). The Morgan fingerprint density at radius 3 is 2.76 bits per heavy atom. The second-order valence-electron chi connectivity index (χ2n) is 8.79. The summed E-state index contributed by atoms with van der Waals surface area (Å²) in [7, 11) is 0. The minimum absolute atomic E-state index is 0.226. The fourth-order valence-electron chi connectivity index (χ4n) is 5.44. The molecule has 2 nitrogen and oxygen atoms in total. The Labute approximate surface area is 153 Å². The zero-order chi connectivity index (χ0) is 17.6. The van der Waals surface area contributed by atoms with E-state index in [1.807, 2.05) is 0 Å². The van der Waals surface area contributed by atoms with Gasteiger partial charge in [0.25, 0.3) is 0 Å². The molecule has 25 heavy (non-hydrogen) atoms. The molecule has 1 N–H and O–H groups in total. The number of hydrogen-bond donors (Lipinski definition) is 1. The number of aliphatic hydroxyl groups is 1. The number of fused-ring (bicyclic) bond motifs is 1. The first-order chi connectivity index (χ1) is 12.2. The summed E-state index contributed by atoms with van der Waals surface area (Å²) in [6, 6.07) is 0. The summed E-state index contributed by atoms with van der Waals surface area (Å²) in [5.41, 5.74) is 1.63. The van der Waals surface area contributed by atoms with Crippen molar-refractivity contribution in [3.05, 3.63) is 23.8 Å². The van der Waals surface area contributed by atoms with Crippen LogP contribution in [0.1, 0.15) is 77.6 Å². The summed E-state index contributed by atoms with van der Waals surface area (Å²) < 4.78 is 0. The van der Waals surface area contributed by atoms with Crippen molar-refractivity contribution in [1.82, 2.24) is 0 Å². The molecule has 0 saturated heterocycles. The third-order valence-electron chi connectivity index (χ3n) is 7.11. The van der Waals surface area contributed by atoms with Gasteiger partial charge in [0.05, 0.1) is 6.10 Å². The Hall–Kier alpha value is -0.890. The molecule has 0 bridgehead atoms. The highest BCUT2D eigenvalue weighted by atomic mass is 16.3. The number of rotatable bonds is 8. The van der Waals surface area contributed by atoms with Gasteiger partial charge >= 0.3 is 0 Å². The SMILES string of the molecule is CC(CCCC=O)C1=CC2CC[C@H](/C=C/C(O)C3CCCCC3)C2C1. The van der Waals surface area contributed by atoms with Crippen molar-refractivity contribution in [2.45, 2.75) is 83.7 Å². The van der Waals surface area contributed by atoms with Gasteiger partial charge in [-0.05, 0) is 74.5 Å². The first-order valence-electron chi connectivity index (χ1n) is 10.7. The van der Waals surface area contributed by atoms with Crippen LogP contribution in [-0.2, 0) is 4.79 Å². The highest BCUT2D eigenvalue weighted by Crippen LogP contribution is 2.49. The van der Waals surface area contributed by atoms with Crippen LogP contribution in [-0.4, -0.2) is 17.5 Å². The van der Waals surface area contributed by atoms with Crippen LogP contribution in [0.5, 0.6) is 0 Å². The molecular formula is C23H36O2. The van der Waals surface area contributed by atoms with Crippen LogP contribution in [0.25, 0.3) is 0 Å². The van der Waals surface area contributed by atoms with Crippen molar-refractivity contribution < 1.29 is 9.90 Å². The molecule has 2 saturated carbocycles. The number of unbranched alkanes of at least 4 members (excludes halogenated alkanes) is 1. The van der Waals surface area contributed by atoms with E-state index in [0.717, 1.165) is 31.0 Å². The van der Waals surface area contributed by atoms with Crippen LogP contribution in [0.2, 0.25) is 0 Å². The Kier molecular flexibility index (Phi) is 6.92. The van der Waals surface area contributed by atoms with Gasteiger partial charge in [-0.1, -0.05) is 50.0 Å². The van der Waals surface area contributed by atoms with Crippen LogP contribution in [0.4, 0.5) is 0 Å². The van der Waals surface area contributed by atoms with Crippen molar-refractivity contribution in [2.75, 3.05) is 0 Å². The number of carbonyl (C=O) groups excluding carboxylic acids is 1. The van der Waals surface area contributed by atoms with E-state index in [4.69, 9.17) is 0 Å². The maximum Gasteiger partial charge on any atom is 0.119 e. The van der Waals surface area contributed by atoms with Crippen molar-refractivity contribution in [3.8, 4) is 0 Å². The topological polar surface area (TPSA) is 37.3 Å². The lowest BCUT2D eigenvalue weighted by Crippen LogP contribution is -2.21. The maximum absolute atomic E-state index is 10.5. The Morgan fingerprint density at radius 1 is 1.20 bits per heavy atom. The van der Waals surface area contributed by atoms with E-state index in [9.17, 15) is 9.90 Å². The molecule has 0 aromatic carbocycles. The molecule has 0 radical (unpaired) electrons. The Morgan fingerprint density at radius 2 is 2.00 bits per heavy atom. The molecule has 5 atom stereocenters. The smallest absolute Gasteiger partial charge is 0.119 e. The van der Waals surface area contributed by atoms with Gasteiger partial charge in [-0.25, -0.2) is 0 Å². The second kappa shape index (κ2) is 9.16. The lowest BCUT2D eigenvalue weighted by Gasteiger charge is -2.25. The lowest BCUT2D eigenvalue weighted by molar-refractivity contribution is -0.107. The lowest BCUT2D eigenvalue weighted by atomic mass is 9.83. The molecule has 2 heteroatoms. The molecule has 2 fully saturated rings. The molecule has 0 spiro atoms. The van der Waals surface area contributed by atoms with Crippen molar-refractivity contribution >= 4 is 6.29 Å². The zero-order valence-electron chi connectivity index (χ0n) is 15.9. The molecule has 0 heterocycles. The number of hydrogen-bond acceptors (Lipinski definition) is 2. The van der Waals surface area contributed by atoms with Gasteiger partial charge in [-0.15, -0.1) is 0 Å². The molecule has 0 amide bonds. The molecule has 140 valence electrons. The number of allylic oxidation sites excluding steroid dienone is 3. The molecule has 3 aliphatic rings. The summed E-state index contributed by atoms with van der Waals surface area (Å²) in [6.45, 7) is 2.33. The molecule has 0 aromatic heterocycles. The van der Waals surface area contributed by atoms with Crippen LogP contribution in [0.3, 0.4) is 0 Å². The van der Waals surface area contributed by atoms with E-state index >= 15 is 0 Å². The number of aliphatic hydroxyl groups excluding tert-OH is 1. The predicted octanol–water partition coefficient (Wildman–Crippen LogP) is 5.46. The maximum atomic E-state index is 10.5. The molecule has 4 unspecified atom stereocenters. The minimum Gasteiger partial charge on any atom is -0.389 e. The van der Waals surface area contributed by atoms with E-state index in [1.165, 1.54) is 51.4 Å². The molecule has 3 aliphatic carbocycles. The van der Waals surface area contributed by atoms with E-state index in [1.54, 1.807) is 5.57 Å². The summed E-state index contributed by atoms with van der Waals surface area (Å²) in [6.07, 6.45) is 20.9. The van der Waals surface area contributed by atoms with Crippen molar-refractivity contribution in [2.24, 2.45) is 29.6 Å². The zero-order valence-corrected chi connectivity index (χ0v) is 15.9. The van der Waals surface area contributed by atoms with Gasteiger partial charge in [0.1, 0.15) is 6.29 Å². The van der Waals surface area contributed by atoms with Gasteiger partial charge in [-0.2, -0.15) is 0 Å². The van der Waals surface area contributed by atoms with Gasteiger partial charge < -0.3 is 9.90 Å². The fourth-order valence-corrected chi connectivity index (χ4v) is 5.44. The Balaban J connectivity index is 1.49. The first kappa shape index (κ1) is 18.9. The third-order valence-corrected chi connectivity index (χ3v) is 7.11. The number of aldehydes is 1. The predicted molar refractivity (Wildman–Crippen MR) is 103 cm³/mol.